The molecule has 10 heavy (non-hydrogen) atoms. The first-order valence-electron chi connectivity index (χ1n) is 3.67. The van der Waals surface area contributed by atoms with E-state index in [1.54, 1.807) is 0 Å². The van der Waals surface area contributed by atoms with Crippen molar-refractivity contribution in [3.63, 3.8) is 0 Å². The third-order valence-electron chi connectivity index (χ3n) is 1.88. The van der Waals surface area contributed by atoms with E-state index in [2.05, 4.69) is 4.89 Å². The molecule has 0 heterocycles. The highest BCUT2D eigenvalue weighted by atomic mass is 17.1. The highest BCUT2D eigenvalue weighted by Crippen LogP contribution is 2.15. The number of rotatable bonds is 1. The molecule has 0 aromatic rings. The SMILES string of the molecule is O=C1CCCCCC1OO. The van der Waals surface area contributed by atoms with Crippen LogP contribution in [0, 0.1) is 0 Å². The van der Waals surface area contributed by atoms with Crippen LogP contribution in [-0.4, -0.2) is 17.1 Å². The van der Waals surface area contributed by atoms with Crippen LogP contribution in [-0.2, 0) is 9.68 Å². The van der Waals surface area contributed by atoms with Crippen molar-refractivity contribution in [1.82, 2.24) is 0 Å². The average Bonchev–Trinajstić information content (AvgIpc) is 2.13. The fraction of sp³-hybridized carbons (Fsp3) is 0.857. The van der Waals surface area contributed by atoms with Gasteiger partial charge in [0, 0.05) is 6.42 Å². The van der Waals surface area contributed by atoms with Crippen LogP contribution in [0.4, 0.5) is 0 Å². The van der Waals surface area contributed by atoms with Gasteiger partial charge in [0.1, 0.15) is 0 Å². The fourth-order valence-corrected chi connectivity index (χ4v) is 1.24. The predicted octanol–water partition coefficient (Wildman–Crippen LogP) is 1.38. The zero-order valence-corrected chi connectivity index (χ0v) is 5.88. The lowest BCUT2D eigenvalue weighted by Gasteiger charge is -2.06. The second-order valence-electron chi connectivity index (χ2n) is 2.66. The van der Waals surface area contributed by atoms with Crippen molar-refractivity contribution in [1.29, 1.82) is 0 Å². The van der Waals surface area contributed by atoms with E-state index < -0.39 is 6.10 Å². The highest BCUT2D eigenvalue weighted by Gasteiger charge is 2.20. The smallest absolute Gasteiger partial charge is 0.164 e. The normalized spacial score (nSPS) is 28.1. The summed E-state index contributed by atoms with van der Waals surface area (Å²) in [7, 11) is 0. The quantitative estimate of drug-likeness (QED) is 0.343. The van der Waals surface area contributed by atoms with Crippen LogP contribution >= 0.6 is 0 Å². The lowest BCUT2D eigenvalue weighted by Crippen LogP contribution is -2.20. The monoisotopic (exact) mass is 144 g/mol. The molecule has 1 N–H and O–H groups in total. The van der Waals surface area contributed by atoms with Crippen LogP contribution in [0.1, 0.15) is 32.1 Å². The Hall–Kier alpha value is -0.410. The zero-order chi connectivity index (χ0) is 7.40. The largest absolute Gasteiger partial charge is 0.297 e. The molecule has 1 atom stereocenters. The first-order chi connectivity index (χ1) is 4.84. The number of hydrogen-bond donors (Lipinski definition) is 1. The van der Waals surface area contributed by atoms with Crippen molar-refractivity contribution in [2.24, 2.45) is 0 Å². The van der Waals surface area contributed by atoms with Gasteiger partial charge in [-0.3, -0.25) is 10.1 Å². The van der Waals surface area contributed by atoms with Gasteiger partial charge >= 0.3 is 0 Å². The minimum atomic E-state index is -0.539. The van der Waals surface area contributed by atoms with E-state index in [4.69, 9.17) is 5.26 Å². The van der Waals surface area contributed by atoms with Gasteiger partial charge < -0.3 is 0 Å². The molecule has 0 radical (unpaired) electrons. The number of ketones is 1. The van der Waals surface area contributed by atoms with E-state index in [-0.39, 0.29) is 5.78 Å². The summed E-state index contributed by atoms with van der Waals surface area (Å²) in [5, 5.41) is 8.27. The summed E-state index contributed by atoms with van der Waals surface area (Å²) >= 11 is 0. The lowest BCUT2D eigenvalue weighted by molar-refractivity contribution is -0.271. The van der Waals surface area contributed by atoms with E-state index in [0.29, 0.717) is 12.8 Å². The van der Waals surface area contributed by atoms with Crippen molar-refractivity contribution in [2.75, 3.05) is 0 Å². The number of carbonyl (C=O) groups excluding carboxylic acids is 1. The van der Waals surface area contributed by atoms with Crippen LogP contribution < -0.4 is 0 Å². The molecule has 0 aliphatic heterocycles. The molecule has 58 valence electrons. The molecular formula is C7H12O3. The van der Waals surface area contributed by atoms with Crippen LogP contribution in [0.25, 0.3) is 0 Å². The zero-order valence-electron chi connectivity index (χ0n) is 5.88. The van der Waals surface area contributed by atoms with Crippen molar-refractivity contribution >= 4 is 5.78 Å². The fourth-order valence-electron chi connectivity index (χ4n) is 1.24. The highest BCUT2D eigenvalue weighted by molar-refractivity contribution is 5.83. The third-order valence-corrected chi connectivity index (χ3v) is 1.88. The molecule has 0 amide bonds. The molecule has 0 bridgehead atoms. The van der Waals surface area contributed by atoms with Crippen molar-refractivity contribution in [2.45, 2.75) is 38.2 Å². The molecule has 0 aromatic heterocycles. The number of carbonyl (C=O) groups is 1. The number of hydrogen-bond acceptors (Lipinski definition) is 3. The summed E-state index contributed by atoms with van der Waals surface area (Å²) < 4.78 is 0. The Morgan fingerprint density at radius 1 is 1.40 bits per heavy atom. The minimum absolute atomic E-state index is 0.0417. The van der Waals surface area contributed by atoms with Crippen LogP contribution in [0.15, 0.2) is 0 Å². The van der Waals surface area contributed by atoms with Crippen molar-refractivity contribution < 1.29 is 14.9 Å². The molecule has 0 aromatic carbocycles. The van der Waals surface area contributed by atoms with Gasteiger partial charge in [0.05, 0.1) is 0 Å². The van der Waals surface area contributed by atoms with Crippen LogP contribution in [0.2, 0.25) is 0 Å². The topological polar surface area (TPSA) is 46.5 Å². The molecule has 0 saturated heterocycles. The molecule has 0 spiro atoms. The minimum Gasteiger partial charge on any atom is -0.297 e. The molecule has 1 fully saturated rings. The Bertz CT molecular complexity index is 122. The van der Waals surface area contributed by atoms with Crippen molar-refractivity contribution in [3.8, 4) is 0 Å². The van der Waals surface area contributed by atoms with Gasteiger partial charge in [0.25, 0.3) is 0 Å². The van der Waals surface area contributed by atoms with Crippen LogP contribution in [0.5, 0.6) is 0 Å². The van der Waals surface area contributed by atoms with Gasteiger partial charge in [0.2, 0.25) is 0 Å². The third kappa shape index (κ3) is 1.78. The van der Waals surface area contributed by atoms with Gasteiger partial charge in [-0.25, -0.2) is 4.89 Å². The average molecular weight is 144 g/mol. The van der Waals surface area contributed by atoms with E-state index in [9.17, 15) is 4.79 Å². The molecule has 1 aliphatic rings. The Morgan fingerprint density at radius 2 is 2.20 bits per heavy atom. The van der Waals surface area contributed by atoms with Gasteiger partial charge in [-0.1, -0.05) is 12.8 Å². The Balaban J connectivity index is 2.43. The molecule has 3 heteroatoms. The van der Waals surface area contributed by atoms with E-state index in [0.717, 1.165) is 19.3 Å². The maximum atomic E-state index is 11.0. The standard InChI is InChI=1S/C7H12O3/c8-6-4-2-1-3-5-7(6)10-9/h7,9H,1-5H2. The van der Waals surface area contributed by atoms with Gasteiger partial charge in [-0.2, -0.15) is 0 Å². The van der Waals surface area contributed by atoms with Crippen molar-refractivity contribution in [3.05, 3.63) is 0 Å². The summed E-state index contributed by atoms with van der Waals surface area (Å²) in [5.74, 6) is 0.0417. The molecule has 1 aliphatic carbocycles. The van der Waals surface area contributed by atoms with E-state index >= 15 is 0 Å². The molecule has 1 rings (SSSR count). The summed E-state index contributed by atoms with van der Waals surface area (Å²) in [6.07, 6.45) is 3.70. The summed E-state index contributed by atoms with van der Waals surface area (Å²) in [4.78, 5) is 15.0. The Morgan fingerprint density at radius 3 is 2.90 bits per heavy atom. The molecule has 3 nitrogen and oxygen atoms in total. The van der Waals surface area contributed by atoms with Gasteiger partial charge in [-0.05, 0) is 12.8 Å². The second kappa shape index (κ2) is 3.68. The second-order valence-corrected chi connectivity index (χ2v) is 2.66. The Kier molecular flexibility index (Phi) is 2.83. The summed E-state index contributed by atoms with van der Waals surface area (Å²) in [6.45, 7) is 0. The van der Waals surface area contributed by atoms with Crippen LogP contribution in [0.3, 0.4) is 0 Å². The lowest BCUT2D eigenvalue weighted by atomic mass is 10.1. The summed E-state index contributed by atoms with van der Waals surface area (Å²) in [5.41, 5.74) is 0. The first-order valence-corrected chi connectivity index (χ1v) is 3.67. The molecular weight excluding hydrogens is 132 g/mol. The first kappa shape index (κ1) is 7.69. The maximum absolute atomic E-state index is 11.0. The van der Waals surface area contributed by atoms with E-state index in [1.807, 2.05) is 0 Å². The number of Topliss-reactive ketones (excluding diaryl/α,β-unsaturated/α-hetero) is 1. The predicted molar refractivity (Wildman–Crippen MR) is 35.6 cm³/mol. The molecule has 1 saturated carbocycles. The van der Waals surface area contributed by atoms with E-state index in [1.165, 1.54) is 0 Å². The Labute approximate surface area is 59.9 Å². The molecule has 1 unspecified atom stereocenters. The van der Waals surface area contributed by atoms with Gasteiger partial charge in [-0.15, -0.1) is 0 Å². The maximum Gasteiger partial charge on any atom is 0.164 e. The summed E-state index contributed by atoms with van der Waals surface area (Å²) in [6, 6.07) is 0. The van der Waals surface area contributed by atoms with Gasteiger partial charge in [0.15, 0.2) is 11.9 Å².